The van der Waals surface area contributed by atoms with Gasteiger partial charge in [-0.05, 0) is 32.4 Å². The van der Waals surface area contributed by atoms with Gasteiger partial charge in [-0.2, -0.15) is 26.3 Å². The normalized spacial score (nSPS) is 15.3. The van der Waals surface area contributed by atoms with Crippen LogP contribution in [0.2, 0.25) is 0 Å². The van der Waals surface area contributed by atoms with Gasteiger partial charge in [0, 0.05) is 37.8 Å². The van der Waals surface area contributed by atoms with E-state index in [4.69, 9.17) is 4.74 Å². The third-order valence-electron chi connectivity index (χ3n) is 5.95. The van der Waals surface area contributed by atoms with E-state index in [1.54, 1.807) is 20.8 Å². The maximum Gasteiger partial charge on any atom is 0.430 e. The van der Waals surface area contributed by atoms with Crippen LogP contribution in [0.1, 0.15) is 31.9 Å². The van der Waals surface area contributed by atoms with E-state index < -0.39 is 52.4 Å². The van der Waals surface area contributed by atoms with Crippen LogP contribution in [0.25, 0.3) is 0 Å². The maximum absolute atomic E-state index is 14.2. The number of rotatable bonds is 6. The van der Waals surface area contributed by atoms with Crippen molar-refractivity contribution in [3.8, 4) is 0 Å². The minimum absolute atomic E-state index is 0.0353. The van der Waals surface area contributed by atoms with Crippen molar-refractivity contribution >= 4 is 17.5 Å². The zero-order valence-corrected chi connectivity index (χ0v) is 21.3. The van der Waals surface area contributed by atoms with E-state index in [1.165, 1.54) is 40.1 Å². The van der Waals surface area contributed by atoms with Gasteiger partial charge in [-0.25, -0.2) is 4.79 Å². The molecule has 1 fully saturated rings. The third kappa shape index (κ3) is 6.54. The summed E-state index contributed by atoms with van der Waals surface area (Å²) in [7, 11) is 0. The van der Waals surface area contributed by atoms with Crippen LogP contribution >= 0.6 is 0 Å². The summed E-state index contributed by atoms with van der Waals surface area (Å²) in [6, 6.07) is 8.58. The summed E-state index contributed by atoms with van der Waals surface area (Å²) in [4.78, 5) is 25.9. The predicted molar refractivity (Wildman–Crippen MR) is 128 cm³/mol. The summed E-state index contributed by atoms with van der Waals surface area (Å²) in [5.74, 6) is 0. The lowest BCUT2D eigenvalue weighted by molar-refractivity contribution is -0.394. The standard InChI is InChI=1S/C25H27F6N3O5/c1-22(2,3)39-21(35)33-13-11-32(12-14-33)19-10-9-18(15-20(19)34(36)37)23(24(26,27)28,25(29,30)31)38-16-17-7-5-4-6-8-17/h4-10,15H,11-14,16H2,1-3H3. The second kappa shape index (κ2) is 10.9. The highest BCUT2D eigenvalue weighted by atomic mass is 19.4. The number of nitrogens with zero attached hydrogens (tertiary/aromatic N) is 3. The largest absolute Gasteiger partial charge is 0.444 e. The number of piperazine rings is 1. The molecule has 214 valence electrons. The van der Waals surface area contributed by atoms with E-state index in [1.807, 2.05) is 0 Å². The van der Waals surface area contributed by atoms with Gasteiger partial charge in [0.05, 0.1) is 11.5 Å². The molecule has 3 rings (SSSR count). The van der Waals surface area contributed by atoms with E-state index in [9.17, 15) is 41.3 Å². The topological polar surface area (TPSA) is 85.2 Å². The Bertz CT molecular complexity index is 1160. The van der Waals surface area contributed by atoms with Crippen molar-refractivity contribution in [3.05, 3.63) is 69.8 Å². The van der Waals surface area contributed by atoms with Gasteiger partial charge in [-0.1, -0.05) is 36.4 Å². The lowest BCUT2D eigenvalue weighted by atomic mass is 9.90. The number of carbonyl (C=O) groups is 1. The summed E-state index contributed by atoms with van der Waals surface area (Å²) in [5, 5.41) is 11.8. The lowest BCUT2D eigenvalue weighted by Gasteiger charge is -2.38. The number of carbonyl (C=O) groups excluding carboxylic acids is 1. The second-order valence-electron chi connectivity index (χ2n) is 9.87. The molecule has 0 N–H and O–H groups in total. The number of alkyl halides is 6. The molecule has 1 saturated heterocycles. The van der Waals surface area contributed by atoms with Crippen LogP contribution in [0.5, 0.6) is 0 Å². The number of hydrogen-bond donors (Lipinski definition) is 0. The quantitative estimate of drug-likeness (QED) is 0.237. The molecule has 1 heterocycles. The van der Waals surface area contributed by atoms with Gasteiger partial charge in [-0.3, -0.25) is 10.1 Å². The Morgan fingerprint density at radius 1 is 0.923 bits per heavy atom. The number of halogens is 6. The number of benzene rings is 2. The average molecular weight is 563 g/mol. The van der Waals surface area contributed by atoms with Crippen molar-refractivity contribution in [1.29, 1.82) is 0 Å². The van der Waals surface area contributed by atoms with Crippen molar-refractivity contribution < 1.29 is 45.5 Å². The molecule has 0 radical (unpaired) electrons. The molecule has 0 aliphatic carbocycles. The van der Waals surface area contributed by atoms with Crippen molar-refractivity contribution in [2.45, 2.75) is 50.9 Å². The molecule has 0 unspecified atom stereocenters. The molecule has 0 spiro atoms. The first-order valence-corrected chi connectivity index (χ1v) is 11.8. The predicted octanol–water partition coefficient (Wildman–Crippen LogP) is 6.19. The van der Waals surface area contributed by atoms with E-state index in [0.717, 1.165) is 6.07 Å². The Balaban J connectivity index is 1.97. The number of hydrogen-bond acceptors (Lipinski definition) is 6. The fourth-order valence-corrected chi connectivity index (χ4v) is 4.11. The summed E-state index contributed by atoms with van der Waals surface area (Å²) in [6.45, 7) is 4.20. The molecule has 0 atom stereocenters. The summed E-state index contributed by atoms with van der Waals surface area (Å²) in [5.41, 5.74) is -8.15. The molecule has 8 nitrogen and oxygen atoms in total. The SMILES string of the molecule is CC(C)(C)OC(=O)N1CCN(c2ccc(C(OCc3ccccc3)(C(F)(F)F)C(F)(F)F)cc2[N+](=O)[O-])CC1. The second-order valence-corrected chi connectivity index (χ2v) is 9.87. The van der Waals surface area contributed by atoms with Crippen molar-refractivity contribution in [2.24, 2.45) is 0 Å². The zero-order valence-electron chi connectivity index (χ0n) is 21.3. The fourth-order valence-electron chi connectivity index (χ4n) is 4.11. The van der Waals surface area contributed by atoms with Crippen LogP contribution in [0.15, 0.2) is 48.5 Å². The van der Waals surface area contributed by atoms with Gasteiger partial charge in [0.25, 0.3) is 11.3 Å². The highest BCUT2D eigenvalue weighted by molar-refractivity contribution is 5.70. The van der Waals surface area contributed by atoms with Gasteiger partial charge in [0.1, 0.15) is 11.3 Å². The fraction of sp³-hybridized carbons (Fsp3) is 0.480. The van der Waals surface area contributed by atoms with Crippen molar-refractivity contribution in [3.63, 3.8) is 0 Å². The zero-order chi connectivity index (χ0) is 29.2. The number of anilines is 1. The molecular weight excluding hydrogens is 536 g/mol. The minimum Gasteiger partial charge on any atom is -0.444 e. The highest BCUT2D eigenvalue weighted by Gasteiger charge is 2.73. The maximum atomic E-state index is 14.2. The molecule has 2 aromatic carbocycles. The Morgan fingerprint density at radius 2 is 1.49 bits per heavy atom. The van der Waals surface area contributed by atoms with E-state index in [-0.39, 0.29) is 43.5 Å². The van der Waals surface area contributed by atoms with Gasteiger partial charge >= 0.3 is 18.4 Å². The highest BCUT2D eigenvalue weighted by Crippen LogP contribution is 2.54. The molecule has 1 aliphatic rings. The number of nitro groups is 1. The Hall–Kier alpha value is -3.55. The van der Waals surface area contributed by atoms with E-state index in [0.29, 0.717) is 6.07 Å². The number of amides is 1. The average Bonchev–Trinajstić information content (AvgIpc) is 2.82. The molecule has 0 saturated carbocycles. The van der Waals surface area contributed by atoms with E-state index >= 15 is 0 Å². The summed E-state index contributed by atoms with van der Waals surface area (Å²) < 4.78 is 95.1. The molecular formula is C25H27F6N3O5. The third-order valence-corrected chi connectivity index (χ3v) is 5.95. The first-order valence-electron chi connectivity index (χ1n) is 11.8. The lowest BCUT2D eigenvalue weighted by Crippen LogP contribution is -2.56. The number of nitro benzene ring substituents is 1. The van der Waals surface area contributed by atoms with Crippen LogP contribution in [0.3, 0.4) is 0 Å². The van der Waals surface area contributed by atoms with Crippen LogP contribution in [0, 0.1) is 10.1 Å². The van der Waals surface area contributed by atoms with Crippen LogP contribution in [-0.4, -0.2) is 60.0 Å². The van der Waals surface area contributed by atoms with Crippen LogP contribution in [-0.2, 0) is 21.7 Å². The van der Waals surface area contributed by atoms with Gasteiger partial charge < -0.3 is 19.3 Å². The van der Waals surface area contributed by atoms with Gasteiger partial charge in [-0.15, -0.1) is 0 Å². The van der Waals surface area contributed by atoms with Gasteiger partial charge in [0.2, 0.25) is 0 Å². The molecule has 14 heteroatoms. The monoisotopic (exact) mass is 563 g/mol. The molecule has 2 aromatic rings. The first kappa shape index (κ1) is 30.0. The minimum atomic E-state index is -6.01. The Morgan fingerprint density at radius 3 is 1.97 bits per heavy atom. The summed E-state index contributed by atoms with van der Waals surface area (Å²) >= 11 is 0. The molecule has 0 aromatic heterocycles. The van der Waals surface area contributed by atoms with Crippen molar-refractivity contribution in [1.82, 2.24) is 4.90 Å². The number of ether oxygens (including phenoxy) is 2. The molecule has 39 heavy (non-hydrogen) atoms. The molecule has 0 bridgehead atoms. The Kier molecular flexibility index (Phi) is 8.39. The summed E-state index contributed by atoms with van der Waals surface area (Å²) in [6.07, 6.45) is -12.6. The van der Waals surface area contributed by atoms with E-state index in [2.05, 4.69) is 4.74 Å². The van der Waals surface area contributed by atoms with Gasteiger partial charge in [0.15, 0.2) is 0 Å². The first-order chi connectivity index (χ1) is 18.0. The van der Waals surface area contributed by atoms with Crippen LogP contribution < -0.4 is 4.90 Å². The van der Waals surface area contributed by atoms with Crippen molar-refractivity contribution in [2.75, 3.05) is 31.1 Å². The van der Waals surface area contributed by atoms with Crippen LogP contribution in [0.4, 0.5) is 42.5 Å². The molecule has 1 aliphatic heterocycles. The smallest absolute Gasteiger partial charge is 0.430 e. The molecule has 1 amide bonds. The Labute approximate surface area is 220 Å².